The largest absolute Gasteiger partial charge is 0.494 e. The molecule has 0 radical (unpaired) electrons. The van der Waals surface area contributed by atoms with Crippen LogP contribution in [-0.4, -0.2) is 28.8 Å². The van der Waals surface area contributed by atoms with E-state index in [-0.39, 0.29) is 11.5 Å². The zero-order valence-electron chi connectivity index (χ0n) is 14.6. The minimum Gasteiger partial charge on any atom is -0.494 e. The van der Waals surface area contributed by atoms with Gasteiger partial charge < -0.3 is 15.2 Å². The Kier molecular flexibility index (Phi) is 5.93. The number of carboxylic acids is 1. The van der Waals surface area contributed by atoms with Crippen molar-refractivity contribution in [1.82, 2.24) is 5.32 Å². The Morgan fingerprint density at radius 1 is 1.26 bits per heavy atom. The fourth-order valence-electron chi connectivity index (χ4n) is 2.34. The fraction of sp³-hybridized carbons (Fsp3) is 0.150. The molecule has 1 aliphatic heterocycles. The van der Waals surface area contributed by atoms with Crippen LogP contribution in [0.4, 0.5) is 5.69 Å². The summed E-state index contributed by atoms with van der Waals surface area (Å²) in [6.07, 6.45) is 2.72. The van der Waals surface area contributed by atoms with Gasteiger partial charge in [0, 0.05) is 0 Å². The molecule has 1 fully saturated rings. The van der Waals surface area contributed by atoms with E-state index < -0.39 is 5.97 Å². The van der Waals surface area contributed by atoms with Crippen LogP contribution in [-0.2, 0) is 4.79 Å². The molecule has 0 atom stereocenters. The minimum absolute atomic E-state index is 0.146. The minimum atomic E-state index is -1.02. The van der Waals surface area contributed by atoms with Crippen molar-refractivity contribution in [2.45, 2.75) is 13.3 Å². The van der Waals surface area contributed by atoms with Gasteiger partial charge in [-0.05, 0) is 60.2 Å². The number of rotatable bonds is 6. The van der Waals surface area contributed by atoms with Gasteiger partial charge in [-0.3, -0.25) is 4.79 Å². The summed E-state index contributed by atoms with van der Waals surface area (Å²) in [5.41, 5.74) is 1.49. The van der Waals surface area contributed by atoms with Gasteiger partial charge in [-0.25, -0.2) is 9.79 Å². The molecule has 2 aromatic rings. The van der Waals surface area contributed by atoms with Crippen LogP contribution < -0.4 is 10.1 Å². The molecular formula is C20H18N2O4S. The van der Waals surface area contributed by atoms with Crippen LogP contribution in [0.3, 0.4) is 0 Å². The predicted octanol–water partition coefficient (Wildman–Crippen LogP) is 4.07. The van der Waals surface area contributed by atoms with E-state index >= 15 is 0 Å². The molecule has 7 heteroatoms. The van der Waals surface area contributed by atoms with Crippen molar-refractivity contribution in [3.8, 4) is 5.75 Å². The first-order chi connectivity index (χ1) is 13.0. The highest BCUT2D eigenvalue weighted by atomic mass is 32.2. The van der Waals surface area contributed by atoms with E-state index in [4.69, 9.17) is 9.84 Å². The lowest BCUT2D eigenvalue weighted by atomic mass is 10.2. The predicted molar refractivity (Wildman–Crippen MR) is 106 cm³/mol. The lowest BCUT2D eigenvalue weighted by Gasteiger charge is -2.04. The molecule has 6 nitrogen and oxygen atoms in total. The summed E-state index contributed by atoms with van der Waals surface area (Å²) in [5, 5.41) is 12.2. The maximum atomic E-state index is 12.2. The van der Waals surface area contributed by atoms with E-state index in [0.29, 0.717) is 22.4 Å². The van der Waals surface area contributed by atoms with Crippen LogP contribution >= 0.6 is 11.8 Å². The van der Waals surface area contributed by atoms with Crippen molar-refractivity contribution in [3.05, 3.63) is 64.6 Å². The molecule has 3 rings (SSSR count). The number of hydrogen-bond acceptors (Lipinski definition) is 5. The Bertz CT molecular complexity index is 920. The van der Waals surface area contributed by atoms with E-state index in [2.05, 4.69) is 10.3 Å². The summed E-state index contributed by atoms with van der Waals surface area (Å²) >= 11 is 1.21. The lowest BCUT2D eigenvalue weighted by molar-refractivity contribution is -0.115. The second-order valence-electron chi connectivity index (χ2n) is 5.75. The molecule has 1 amide bonds. The SMILES string of the molecule is CCCOc1ccc(/C=C2\SC(=Nc3cccc(C(=O)O)c3)NC2=O)cc1. The number of thioether (sulfide) groups is 1. The normalized spacial score (nSPS) is 16.6. The molecule has 1 saturated heterocycles. The fourth-order valence-corrected chi connectivity index (χ4v) is 3.18. The number of nitrogens with one attached hydrogen (secondary N) is 1. The second kappa shape index (κ2) is 8.55. The first-order valence-electron chi connectivity index (χ1n) is 8.41. The third kappa shape index (κ3) is 4.98. The molecule has 1 heterocycles. The number of benzene rings is 2. The number of aromatic carboxylic acids is 1. The molecule has 0 aromatic heterocycles. The van der Waals surface area contributed by atoms with Crippen LogP contribution in [0.2, 0.25) is 0 Å². The molecule has 0 unspecified atom stereocenters. The van der Waals surface area contributed by atoms with E-state index in [1.165, 1.54) is 23.9 Å². The molecule has 27 heavy (non-hydrogen) atoms. The first-order valence-corrected chi connectivity index (χ1v) is 9.22. The molecule has 2 N–H and O–H groups in total. The maximum Gasteiger partial charge on any atom is 0.335 e. The first kappa shape index (κ1) is 18.7. The molecule has 0 saturated carbocycles. The van der Waals surface area contributed by atoms with Crippen LogP contribution in [0.25, 0.3) is 6.08 Å². The number of nitrogens with zero attached hydrogens (tertiary/aromatic N) is 1. The van der Waals surface area contributed by atoms with Crippen molar-refractivity contribution in [3.63, 3.8) is 0 Å². The number of hydrogen-bond donors (Lipinski definition) is 2. The summed E-state index contributed by atoms with van der Waals surface area (Å²) in [6, 6.07) is 13.8. The molecule has 138 valence electrons. The van der Waals surface area contributed by atoms with Gasteiger partial charge >= 0.3 is 5.97 Å². The Hall–Kier alpha value is -3.06. The molecule has 0 spiro atoms. The van der Waals surface area contributed by atoms with Crippen molar-refractivity contribution in [1.29, 1.82) is 0 Å². The maximum absolute atomic E-state index is 12.2. The zero-order chi connectivity index (χ0) is 19.2. The third-order valence-corrected chi connectivity index (χ3v) is 4.54. The van der Waals surface area contributed by atoms with Gasteiger partial charge in [0.15, 0.2) is 5.17 Å². The van der Waals surface area contributed by atoms with Crippen LogP contribution in [0.5, 0.6) is 5.75 Å². The van der Waals surface area contributed by atoms with Crippen LogP contribution in [0, 0.1) is 0 Å². The third-order valence-electron chi connectivity index (χ3n) is 3.63. The Labute approximate surface area is 161 Å². The summed E-state index contributed by atoms with van der Waals surface area (Å²) < 4.78 is 5.55. The topological polar surface area (TPSA) is 88.0 Å². The Morgan fingerprint density at radius 3 is 2.74 bits per heavy atom. The number of aliphatic imine (C=N–C) groups is 1. The highest BCUT2D eigenvalue weighted by Crippen LogP contribution is 2.28. The number of carboxylic acid groups (broad SMARTS) is 1. The number of amidine groups is 1. The van der Waals surface area contributed by atoms with Crippen molar-refractivity contribution in [2.75, 3.05) is 6.61 Å². The average Bonchev–Trinajstić information content (AvgIpc) is 3.00. The highest BCUT2D eigenvalue weighted by Gasteiger charge is 2.23. The second-order valence-corrected chi connectivity index (χ2v) is 6.79. The smallest absolute Gasteiger partial charge is 0.335 e. The Morgan fingerprint density at radius 2 is 2.04 bits per heavy atom. The molecule has 2 aromatic carbocycles. The number of carbonyl (C=O) groups is 2. The van der Waals surface area contributed by atoms with E-state index in [9.17, 15) is 9.59 Å². The van der Waals surface area contributed by atoms with E-state index in [1.807, 2.05) is 31.2 Å². The molecule has 1 aliphatic rings. The van der Waals surface area contributed by atoms with Gasteiger partial charge in [0.1, 0.15) is 5.75 Å². The van der Waals surface area contributed by atoms with Gasteiger partial charge in [-0.1, -0.05) is 25.1 Å². The van der Waals surface area contributed by atoms with E-state index in [1.54, 1.807) is 18.2 Å². The summed E-state index contributed by atoms with van der Waals surface area (Å²) in [7, 11) is 0. The van der Waals surface area contributed by atoms with Crippen molar-refractivity contribution >= 4 is 40.6 Å². The molecule has 0 aliphatic carbocycles. The van der Waals surface area contributed by atoms with Gasteiger partial charge in [0.05, 0.1) is 22.8 Å². The summed E-state index contributed by atoms with van der Waals surface area (Å²) in [4.78, 5) is 28.0. The van der Waals surface area contributed by atoms with Gasteiger partial charge in [0.25, 0.3) is 5.91 Å². The van der Waals surface area contributed by atoms with Gasteiger partial charge in [-0.2, -0.15) is 0 Å². The summed E-state index contributed by atoms with van der Waals surface area (Å²) in [5.74, 6) is -0.463. The number of ether oxygens (including phenoxy) is 1. The highest BCUT2D eigenvalue weighted by molar-refractivity contribution is 8.18. The van der Waals surface area contributed by atoms with Crippen LogP contribution in [0.15, 0.2) is 58.4 Å². The van der Waals surface area contributed by atoms with Crippen LogP contribution in [0.1, 0.15) is 29.3 Å². The lowest BCUT2D eigenvalue weighted by Crippen LogP contribution is -2.19. The quantitative estimate of drug-likeness (QED) is 0.736. The monoisotopic (exact) mass is 382 g/mol. The van der Waals surface area contributed by atoms with Gasteiger partial charge in [0.2, 0.25) is 0 Å². The van der Waals surface area contributed by atoms with Gasteiger partial charge in [-0.15, -0.1) is 0 Å². The van der Waals surface area contributed by atoms with E-state index in [0.717, 1.165) is 17.7 Å². The number of carbonyl (C=O) groups excluding carboxylic acids is 1. The van der Waals surface area contributed by atoms with Crippen molar-refractivity contribution in [2.24, 2.45) is 4.99 Å². The molecule has 0 bridgehead atoms. The molecular weight excluding hydrogens is 364 g/mol. The Balaban J connectivity index is 1.74. The standard InChI is InChI=1S/C20H18N2O4S/c1-2-10-26-16-8-6-13(7-9-16)11-17-18(23)22-20(27-17)21-15-5-3-4-14(12-15)19(24)25/h3-9,11-12H,2,10H2,1H3,(H,24,25)(H,21,22,23)/b17-11-. The average molecular weight is 382 g/mol. The number of amides is 1. The van der Waals surface area contributed by atoms with Crippen molar-refractivity contribution < 1.29 is 19.4 Å². The zero-order valence-corrected chi connectivity index (χ0v) is 15.5. The summed E-state index contributed by atoms with van der Waals surface area (Å²) in [6.45, 7) is 2.72.